The Kier molecular flexibility index (Phi) is 8.94. The second-order valence-corrected chi connectivity index (χ2v) is 9.76. The number of hydrogen-bond donors (Lipinski definition) is 3. The molecular formula is C33H31N3O5. The van der Waals surface area contributed by atoms with Crippen LogP contribution in [0.3, 0.4) is 0 Å². The van der Waals surface area contributed by atoms with Crippen LogP contribution in [0.15, 0.2) is 97.1 Å². The van der Waals surface area contributed by atoms with Gasteiger partial charge in [-0.1, -0.05) is 48.0 Å². The summed E-state index contributed by atoms with van der Waals surface area (Å²) in [7, 11) is 1.49. The Bertz CT molecular complexity index is 1550. The molecule has 0 saturated heterocycles. The number of nitrogen functional groups attached to an aromatic ring is 1. The Hall–Kier alpha value is -5.24. The quantitative estimate of drug-likeness (QED) is 0.137. The fourth-order valence-electron chi connectivity index (χ4n) is 4.52. The minimum absolute atomic E-state index is 0.147. The highest BCUT2D eigenvalue weighted by molar-refractivity contribution is 6.24. The van der Waals surface area contributed by atoms with E-state index in [4.69, 9.17) is 10.5 Å². The predicted octanol–water partition coefficient (Wildman–Crippen LogP) is 5.47. The molecule has 41 heavy (non-hydrogen) atoms. The Labute approximate surface area is 238 Å². The van der Waals surface area contributed by atoms with E-state index in [9.17, 15) is 19.2 Å². The van der Waals surface area contributed by atoms with Crippen molar-refractivity contribution in [3.8, 4) is 5.75 Å². The number of ketones is 2. The molecule has 2 amide bonds. The molecule has 0 heterocycles. The van der Waals surface area contributed by atoms with Gasteiger partial charge in [-0.05, 0) is 74.0 Å². The Balaban J connectivity index is 1.81. The fraction of sp³-hybridized carbons (Fsp3) is 0.152. The van der Waals surface area contributed by atoms with Crippen LogP contribution in [0.1, 0.15) is 31.8 Å². The van der Waals surface area contributed by atoms with Gasteiger partial charge in [-0.2, -0.15) is 0 Å². The third-order valence-electron chi connectivity index (χ3n) is 6.58. The number of nitrogens with one attached hydrogen (secondary N) is 2. The number of aryl methyl sites for hydroxylation is 2. The Morgan fingerprint density at radius 3 is 1.71 bits per heavy atom. The fourth-order valence-corrected chi connectivity index (χ4v) is 4.52. The summed E-state index contributed by atoms with van der Waals surface area (Å²) in [5.41, 5.74) is 9.24. The molecular weight excluding hydrogens is 518 g/mol. The molecule has 0 radical (unpaired) electrons. The number of nitrogens with two attached hydrogens (primary N) is 1. The monoisotopic (exact) mass is 549 g/mol. The van der Waals surface area contributed by atoms with Crippen LogP contribution in [0.25, 0.3) is 0 Å². The lowest BCUT2D eigenvalue weighted by Crippen LogP contribution is -2.45. The molecule has 8 heteroatoms. The maximum atomic E-state index is 14.0. The summed E-state index contributed by atoms with van der Waals surface area (Å²) in [4.78, 5) is 55.7. The van der Waals surface area contributed by atoms with Crippen molar-refractivity contribution in [3.63, 3.8) is 0 Å². The molecule has 0 spiro atoms. The first-order chi connectivity index (χ1) is 19.7. The zero-order valence-corrected chi connectivity index (χ0v) is 23.0. The first kappa shape index (κ1) is 28.8. The molecule has 0 aliphatic carbocycles. The van der Waals surface area contributed by atoms with Crippen molar-refractivity contribution in [3.05, 3.63) is 119 Å². The molecule has 0 aromatic heterocycles. The summed E-state index contributed by atoms with van der Waals surface area (Å²) in [5.74, 6) is -5.84. The summed E-state index contributed by atoms with van der Waals surface area (Å²) in [6.07, 6.45) is 0. The average molecular weight is 550 g/mol. The highest BCUT2D eigenvalue weighted by Gasteiger charge is 2.44. The number of Topliss-reactive ketones (excluding diaryl/α,β-unsaturated/α-hetero) is 2. The van der Waals surface area contributed by atoms with E-state index in [2.05, 4.69) is 10.6 Å². The molecule has 0 aliphatic rings. The van der Waals surface area contributed by atoms with Crippen molar-refractivity contribution in [2.45, 2.75) is 13.8 Å². The lowest BCUT2D eigenvalue weighted by molar-refractivity contribution is -0.126. The SMILES string of the molecule is COc1ccc(C(=O)C(C(=O)Nc2ccc(C)cc2)C(C(=O)Nc2cc(C)cc(N)c2)C(=O)c2ccccc2)cc1. The first-order valence-corrected chi connectivity index (χ1v) is 13.0. The summed E-state index contributed by atoms with van der Waals surface area (Å²) in [6.45, 7) is 3.71. The maximum absolute atomic E-state index is 14.0. The van der Waals surface area contributed by atoms with Gasteiger partial charge in [-0.3, -0.25) is 19.2 Å². The van der Waals surface area contributed by atoms with E-state index in [0.29, 0.717) is 22.8 Å². The molecule has 2 unspecified atom stereocenters. The van der Waals surface area contributed by atoms with Gasteiger partial charge < -0.3 is 21.1 Å². The highest BCUT2D eigenvalue weighted by atomic mass is 16.5. The van der Waals surface area contributed by atoms with Crippen LogP contribution >= 0.6 is 0 Å². The number of benzene rings is 4. The van der Waals surface area contributed by atoms with Gasteiger partial charge in [0.05, 0.1) is 7.11 Å². The van der Waals surface area contributed by atoms with Crippen molar-refractivity contribution in [2.75, 3.05) is 23.5 Å². The van der Waals surface area contributed by atoms with Crippen LogP contribution < -0.4 is 21.1 Å². The van der Waals surface area contributed by atoms with E-state index in [0.717, 1.165) is 11.1 Å². The molecule has 4 aromatic carbocycles. The molecule has 4 aromatic rings. The van der Waals surface area contributed by atoms with Crippen LogP contribution in [0.4, 0.5) is 17.1 Å². The highest BCUT2D eigenvalue weighted by Crippen LogP contribution is 2.28. The Morgan fingerprint density at radius 2 is 1.17 bits per heavy atom. The number of carbonyl (C=O) groups excluding carboxylic acids is 4. The van der Waals surface area contributed by atoms with Crippen LogP contribution in [0, 0.1) is 25.7 Å². The van der Waals surface area contributed by atoms with Gasteiger partial charge in [0.25, 0.3) is 0 Å². The van der Waals surface area contributed by atoms with Gasteiger partial charge in [0.15, 0.2) is 11.6 Å². The minimum Gasteiger partial charge on any atom is -0.497 e. The third-order valence-corrected chi connectivity index (χ3v) is 6.58. The van der Waals surface area contributed by atoms with E-state index in [1.807, 2.05) is 13.8 Å². The van der Waals surface area contributed by atoms with Crippen molar-refractivity contribution in [1.82, 2.24) is 0 Å². The number of rotatable bonds is 10. The second kappa shape index (κ2) is 12.7. The third kappa shape index (κ3) is 7.05. The molecule has 8 nitrogen and oxygen atoms in total. The van der Waals surface area contributed by atoms with Crippen LogP contribution in [-0.4, -0.2) is 30.5 Å². The molecule has 0 aliphatic heterocycles. The number of ether oxygens (including phenoxy) is 1. The van der Waals surface area contributed by atoms with Gasteiger partial charge in [0.2, 0.25) is 11.8 Å². The smallest absolute Gasteiger partial charge is 0.236 e. The topological polar surface area (TPSA) is 128 Å². The van der Waals surface area contributed by atoms with Gasteiger partial charge in [-0.25, -0.2) is 0 Å². The summed E-state index contributed by atoms with van der Waals surface area (Å²) in [5, 5.41) is 5.44. The molecule has 0 bridgehead atoms. The lowest BCUT2D eigenvalue weighted by atomic mass is 9.79. The number of carbonyl (C=O) groups is 4. The van der Waals surface area contributed by atoms with Gasteiger partial charge in [0, 0.05) is 28.2 Å². The maximum Gasteiger partial charge on any atom is 0.236 e. The predicted molar refractivity (Wildman–Crippen MR) is 159 cm³/mol. The zero-order valence-electron chi connectivity index (χ0n) is 23.0. The first-order valence-electron chi connectivity index (χ1n) is 13.0. The van der Waals surface area contributed by atoms with Crippen LogP contribution in [0.2, 0.25) is 0 Å². The van der Waals surface area contributed by atoms with Crippen molar-refractivity contribution in [2.24, 2.45) is 11.8 Å². The molecule has 0 fully saturated rings. The van der Waals surface area contributed by atoms with Crippen LogP contribution in [0.5, 0.6) is 5.75 Å². The second-order valence-electron chi connectivity index (χ2n) is 9.76. The standard InChI is InChI=1S/C33H31N3O5/c1-20-9-13-25(14-10-20)35-32(39)29(31(38)23-11-15-27(41-3)16-12-23)28(30(37)22-7-5-4-6-8-22)33(40)36-26-18-21(2)17-24(34)19-26/h4-19,28-29H,34H2,1-3H3,(H,35,39)(H,36,40). The molecule has 4 N–H and O–H groups in total. The van der Waals surface area contributed by atoms with E-state index >= 15 is 0 Å². The van der Waals surface area contributed by atoms with E-state index in [1.165, 1.54) is 19.2 Å². The summed E-state index contributed by atoms with van der Waals surface area (Å²) >= 11 is 0. The summed E-state index contributed by atoms with van der Waals surface area (Å²) < 4.78 is 5.19. The van der Waals surface area contributed by atoms with Gasteiger partial charge in [0.1, 0.15) is 17.6 Å². The van der Waals surface area contributed by atoms with E-state index in [1.54, 1.807) is 84.9 Å². The number of hydrogen-bond acceptors (Lipinski definition) is 6. The molecule has 2 atom stereocenters. The van der Waals surface area contributed by atoms with E-state index in [-0.39, 0.29) is 11.1 Å². The van der Waals surface area contributed by atoms with Gasteiger partial charge >= 0.3 is 0 Å². The van der Waals surface area contributed by atoms with Gasteiger partial charge in [-0.15, -0.1) is 0 Å². The van der Waals surface area contributed by atoms with Crippen molar-refractivity contribution >= 4 is 40.4 Å². The Morgan fingerprint density at radius 1 is 0.634 bits per heavy atom. The molecule has 0 saturated carbocycles. The van der Waals surface area contributed by atoms with E-state index < -0.39 is 35.2 Å². The lowest BCUT2D eigenvalue weighted by Gasteiger charge is -2.24. The molecule has 208 valence electrons. The number of methoxy groups -OCH3 is 1. The normalized spacial score (nSPS) is 12.1. The number of anilines is 3. The molecule has 4 rings (SSSR count). The average Bonchev–Trinajstić information content (AvgIpc) is 2.96. The largest absolute Gasteiger partial charge is 0.497 e. The minimum atomic E-state index is -1.70. The van der Waals surface area contributed by atoms with Crippen molar-refractivity contribution < 1.29 is 23.9 Å². The van der Waals surface area contributed by atoms with Crippen LogP contribution in [-0.2, 0) is 9.59 Å². The summed E-state index contributed by atoms with van der Waals surface area (Å²) in [6, 6.07) is 26.2. The van der Waals surface area contributed by atoms with Crippen molar-refractivity contribution in [1.29, 1.82) is 0 Å². The zero-order chi connectivity index (χ0) is 29.5. The number of amides is 2.